The zero-order valence-corrected chi connectivity index (χ0v) is 17.3. The Hall–Kier alpha value is -2.36. The van der Waals surface area contributed by atoms with Crippen LogP contribution < -0.4 is 16.6 Å². The zero-order valence-electron chi connectivity index (χ0n) is 16.5. The molecule has 29 heavy (non-hydrogen) atoms. The Morgan fingerprint density at radius 2 is 2.10 bits per heavy atom. The van der Waals surface area contributed by atoms with Gasteiger partial charge < -0.3 is 14.7 Å². The molecule has 4 atom stereocenters. The van der Waals surface area contributed by atoms with Crippen molar-refractivity contribution >= 4 is 17.7 Å². The molecule has 4 unspecified atom stereocenters. The predicted octanol–water partition coefficient (Wildman–Crippen LogP) is 1.38. The Kier molecular flexibility index (Phi) is 5.62. The van der Waals surface area contributed by atoms with Crippen molar-refractivity contribution in [1.29, 1.82) is 0 Å². The van der Waals surface area contributed by atoms with E-state index in [4.69, 9.17) is 4.42 Å². The van der Waals surface area contributed by atoms with Gasteiger partial charge in [0.05, 0.1) is 12.2 Å². The van der Waals surface area contributed by atoms with Crippen molar-refractivity contribution in [3.63, 3.8) is 0 Å². The number of nitrogens with one attached hydrogen (secondary N) is 3. The van der Waals surface area contributed by atoms with Crippen LogP contribution in [0, 0.1) is 24.7 Å². The van der Waals surface area contributed by atoms with E-state index < -0.39 is 11.2 Å². The Bertz CT molecular complexity index is 1010. The van der Waals surface area contributed by atoms with E-state index in [1.165, 1.54) is 37.4 Å². The van der Waals surface area contributed by atoms with Gasteiger partial charge in [0.1, 0.15) is 0 Å². The van der Waals surface area contributed by atoms with Gasteiger partial charge in [0, 0.05) is 17.3 Å². The van der Waals surface area contributed by atoms with Gasteiger partial charge in [0.15, 0.2) is 0 Å². The summed E-state index contributed by atoms with van der Waals surface area (Å²) >= 11 is 1.17. The zero-order chi connectivity index (χ0) is 20.5. The predicted molar refractivity (Wildman–Crippen MR) is 107 cm³/mol. The lowest BCUT2D eigenvalue weighted by Gasteiger charge is -2.28. The number of hydrogen-bond donors (Lipinski definition) is 3. The first-order valence-electron chi connectivity index (χ1n) is 9.95. The molecule has 0 saturated heterocycles. The molecule has 2 aliphatic rings. The minimum Gasteiger partial charge on any atom is -0.416 e. The SMILES string of the molecule is Cc1[nH]c(=O)[nH]c(=O)c1Cc1nnc(SCC(=O)NC(C)C2CC3CCC2C3)o1. The second-order valence-electron chi connectivity index (χ2n) is 8.13. The van der Waals surface area contributed by atoms with Gasteiger partial charge in [-0.15, -0.1) is 10.2 Å². The average Bonchev–Trinajstić information content (AvgIpc) is 3.40. The van der Waals surface area contributed by atoms with Crippen molar-refractivity contribution in [2.24, 2.45) is 17.8 Å². The Labute approximate surface area is 171 Å². The maximum absolute atomic E-state index is 12.3. The van der Waals surface area contributed by atoms with Gasteiger partial charge in [-0.2, -0.15) is 0 Å². The second-order valence-corrected chi connectivity index (χ2v) is 9.06. The molecule has 9 nitrogen and oxygen atoms in total. The number of amides is 1. The Morgan fingerprint density at radius 3 is 2.79 bits per heavy atom. The van der Waals surface area contributed by atoms with Gasteiger partial charge in [-0.1, -0.05) is 18.2 Å². The van der Waals surface area contributed by atoms with Crippen LogP contribution in [0.2, 0.25) is 0 Å². The van der Waals surface area contributed by atoms with Gasteiger partial charge >= 0.3 is 5.69 Å². The number of H-pyrrole nitrogens is 2. The molecule has 2 heterocycles. The highest BCUT2D eigenvalue weighted by Gasteiger charge is 2.42. The highest BCUT2D eigenvalue weighted by atomic mass is 32.2. The van der Waals surface area contributed by atoms with E-state index in [-0.39, 0.29) is 35.2 Å². The number of fused-ring (bicyclic) bond motifs is 2. The molecule has 156 valence electrons. The topological polar surface area (TPSA) is 134 Å². The highest BCUT2D eigenvalue weighted by molar-refractivity contribution is 7.99. The fourth-order valence-electron chi connectivity index (χ4n) is 4.79. The van der Waals surface area contributed by atoms with Crippen molar-refractivity contribution in [2.75, 3.05) is 5.75 Å². The van der Waals surface area contributed by atoms with Crippen LogP contribution >= 0.6 is 11.8 Å². The molecular weight excluding hydrogens is 394 g/mol. The lowest BCUT2D eigenvalue weighted by molar-refractivity contribution is -0.119. The highest BCUT2D eigenvalue weighted by Crippen LogP contribution is 2.49. The summed E-state index contributed by atoms with van der Waals surface area (Å²) in [4.78, 5) is 40.2. The summed E-state index contributed by atoms with van der Waals surface area (Å²) in [6.07, 6.45) is 5.31. The molecule has 3 N–H and O–H groups in total. The van der Waals surface area contributed by atoms with E-state index in [9.17, 15) is 14.4 Å². The van der Waals surface area contributed by atoms with Gasteiger partial charge in [-0.05, 0) is 50.9 Å². The molecule has 2 aliphatic carbocycles. The normalized spacial score (nSPS) is 24.0. The van der Waals surface area contributed by atoms with Crippen molar-refractivity contribution in [2.45, 2.75) is 57.2 Å². The van der Waals surface area contributed by atoms with Crippen LogP contribution in [-0.2, 0) is 11.2 Å². The first-order valence-corrected chi connectivity index (χ1v) is 10.9. The molecular formula is C19H25N5O4S. The molecule has 0 spiro atoms. The lowest BCUT2D eigenvalue weighted by atomic mass is 9.84. The largest absolute Gasteiger partial charge is 0.416 e. The Balaban J connectivity index is 1.29. The van der Waals surface area contributed by atoms with E-state index in [1.54, 1.807) is 6.92 Å². The van der Waals surface area contributed by atoms with Gasteiger partial charge in [0.25, 0.3) is 10.8 Å². The second kappa shape index (κ2) is 8.17. The van der Waals surface area contributed by atoms with Gasteiger partial charge in [-0.3, -0.25) is 14.6 Å². The van der Waals surface area contributed by atoms with Crippen molar-refractivity contribution in [1.82, 2.24) is 25.5 Å². The standard InChI is InChI=1S/C19H25N5O4S/c1-9(13-6-11-3-4-12(13)5-11)20-15(25)8-29-19-24-23-16(28-19)7-14-10(2)21-18(27)22-17(14)26/h9,11-13H,3-8H2,1-2H3,(H,20,25)(H2,21,22,26,27). The van der Waals surface area contributed by atoms with Crippen molar-refractivity contribution < 1.29 is 9.21 Å². The van der Waals surface area contributed by atoms with Crippen molar-refractivity contribution in [3.05, 3.63) is 38.0 Å². The van der Waals surface area contributed by atoms with Crippen LogP contribution in [0.3, 0.4) is 0 Å². The van der Waals surface area contributed by atoms with E-state index in [0.29, 0.717) is 17.2 Å². The number of rotatable bonds is 7. The van der Waals surface area contributed by atoms with E-state index in [0.717, 1.165) is 11.8 Å². The van der Waals surface area contributed by atoms with E-state index in [1.807, 2.05) is 0 Å². The molecule has 0 aliphatic heterocycles. The van der Waals surface area contributed by atoms with Crippen LogP contribution in [-0.4, -0.2) is 37.9 Å². The molecule has 0 aromatic carbocycles. The number of carbonyl (C=O) groups is 1. The maximum Gasteiger partial charge on any atom is 0.325 e. The summed E-state index contributed by atoms with van der Waals surface area (Å²) in [5.41, 5.74) is -0.210. The Morgan fingerprint density at radius 1 is 1.28 bits per heavy atom. The quantitative estimate of drug-likeness (QED) is 0.577. The minimum atomic E-state index is -0.552. The maximum atomic E-state index is 12.3. The summed E-state index contributed by atoms with van der Waals surface area (Å²) in [5.74, 6) is 2.62. The van der Waals surface area contributed by atoms with E-state index in [2.05, 4.69) is 32.4 Å². The molecule has 2 bridgehead atoms. The van der Waals surface area contributed by atoms with Crippen LogP contribution in [0.25, 0.3) is 0 Å². The summed E-state index contributed by atoms with van der Waals surface area (Å²) in [6.45, 7) is 3.74. The molecule has 0 radical (unpaired) electrons. The van der Waals surface area contributed by atoms with Crippen molar-refractivity contribution in [3.8, 4) is 0 Å². The fraction of sp³-hybridized carbons (Fsp3) is 0.632. The smallest absolute Gasteiger partial charge is 0.325 e. The molecule has 10 heteroatoms. The molecule has 2 fully saturated rings. The van der Waals surface area contributed by atoms with Crippen LogP contribution in [0.5, 0.6) is 0 Å². The number of carbonyl (C=O) groups excluding carboxylic acids is 1. The monoisotopic (exact) mass is 419 g/mol. The number of aromatic nitrogens is 4. The number of aryl methyl sites for hydroxylation is 1. The molecule has 4 rings (SSSR count). The average molecular weight is 420 g/mol. The lowest BCUT2D eigenvalue weighted by Crippen LogP contribution is -2.40. The summed E-state index contributed by atoms with van der Waals surface area (Å²) in [7, 11) is 0. The fourth-order valence-corrected chi connectivity index (χ4v) is 5.39. The van der Waals surface area contributed by atoms with Gasteiger partial charge in [-0.25, -0.2) is 4.79 Å². The molecule has 2 aromatic heterocycles. The molecule has 1 amide bonds. The third-order valence-corrected chi connectivity index (χ3v) is 7.00. The van der Waals surface area contributed by atoms with Crippen LogP contribution in [0.4, 0.5) is 0 Å². The number of nitrogens with zero attached hydrogens (tertiary/aromatic N) is 2. The number of thioether (sulfide) groups is 1. The van der Waals surface area contributed by atoms with Crippen LogP contribution in [0.15, 0.2) is 19.2 Å². The summed E-state index contributed by atoms with van der Waals surface area (Å²) < 4.78 is 5.54. The van der Waals surface area contributed by atoms with Crippen LogP contribution in [0.1, 0.15) is 49.8 Å². The van der Waals surface area contributed by atoms with Gasteiger partial charge in [0.2, 0.25) is 11.8 Å². The van der Waals surface area contributed by atoms with E-state index >= 15 is 0 Å². The third kappa shape index (κ3) is 4.47. The first kappa shape index (κ1) is 19.9. The first-order chi connectivity index (χ1) is 13.9. The molecule has 2 saturated carbocycles. The molecule has 2 aromatic rings. The number of hydrogen-bond acceptors (Lipinski definition) is 7. The minimum absolute atomic E-state index is 0.0436. The third-order valence-electron chi connectivity index (χ3n) is 6.18. The number of aromatic amines is 2. The summed E-state index contributed by atoms with van der Waals surface area (Å²) in [6, 6.07) is 0.187. The summed E-state index contributed by atoms with van der Waals surface area (Å²) in [5, 5.41) is 11.3.